The summed E-state index contributed by atoms with van der Waals surface area (Å²) in [6, 6.07) is 1.01. The third-order valence-electron chi connectivity index (χ3n) is 14.6. The Bertz CT molecular complexity index is 2180. The van der Waals surface area contributed by atoms with Crippen molar-refractivity contribution >= 4 is 59.3 Å². The van der Waals surface area contributed by atoms with E-state index < -0.39 is 78.4 Å². The van der Waals surface area contributed by atoms with Crippen LogP contribution in [0.1, 0.15) is 146 Å². The molecule has 1 aliphatic carbocycles. The number of carboxylic acid groups (broad SMARTS) is 1. The zero-order valence-corrected chi connectivity index (χ0v) is 44.8. The number of nitrogens with zero attached hydrogens (tertiary/aromatic N) is 5. The minimum atomic E-state index is -1.31. The predicted molar refractivity (Wildman–Crippen MR) is 293 cm³/mol. The zero-order chi connectivity index (χ0) is 56.3. The number of carboxylic acids is 1. The fourth-order valence-corrected chi connectivity index (χ4v) is 10.5. The number of nitrogens with two attached hydrogens (primary N) is 7. The van der Waals surface area contributed by atoms with Gasteiger partial charge < -0.3 is 81.4 Å². The van der Waals surface area contributed by atoms with Gasteiger partial charge in [-0.2, -0.15) is 0 Å². The number of aliphatic carboxylic acids is 1. The van der Waals surface area contributed by atoms with Crippen LogP contribution < -0.4 is 61.4 Å². The summed E-state index contributed by atoms with van der Waals surface area (Å²) in [6.45, 7) is 0.636. The Morgan fingerprint density at radius 1 is 0.636 bits per heavy atom. The van der Waals surface area contributed by atoms with Gasteiger partial charge in [-0.3, -0.25) is 43.7 Å². The lowest BCUT2D eigenvalue weighted by molar-refractivity contribution is -0.153. The summed E-state index contributed by atoms with van der Waals surface area (Å²) < 4.78 is 0. The van der Waals surface area contributed by atoms with E-state index in [1.807, 2.05) is 24.3 Å². The topological polar surface area (TPSA) is 434 Å². The van der Waals surface area contributed by atoms with E-state index in [2.05, 4.69) is 36.2 Å². The Morgan fingerprint density at radius 3 is 1.79 bits per heavy atom. The quantitative estimate of drug-likeness (QED) is 0.0227. The smallest absolute Gasteiger partial charge is 0.326 e. The van der Waals surface area contributed by atoms with Crippen LogP contribution in [0.15, 0.2) is 39.2 Å². The third kappa shape index (κ3) is 21.3. The first-order chi connectivity index (χ1) is 36.9. The second kappa shape index (κ2) is 33.4. The van der Waals surface area contributed by atoms with Gasteiger partial charge in [0, 0.05) is 51.6 Å². The molecule has 8 atom stereocenters. The van der Waals surface area contributed by atoms with Gasteiger partial charge in [0.15, 0.2) is 17.9 Å². The molecule has 25 nitrogen and oxygen atoms in total. The second-order valence-electron chi connectivity index (χ2n) is 20.5. The highest BCUT2D eigenvalue weighted by Gasteiger charge is 2.51. The molecule has 0 radical (unpaired) electrons. The lowest BCUT2D eigenvalue weighted by atomic mass is 9.84. The first kappa shape index (κ1) is 62.8. The molecule has 77 heavy (non-hydrogen) atoms. The molecule has 4 rings (SSSR count). The number of aliphatic hydroxyl groups is 1. The molecule has 0 aromatic heterocycles. The van der Waals surface area contributed by atoms with Crippen LogP contribution >= 0.6 is 0 Å². The predicted octanol–water partition coefficient (Wildman–Crippen LogP) is -0.864. The molecule has 20 N–H and O–H groups in total. The molecule has 0 unspecified atom stereocenters. The van der Waals surface area contributed by atoms with Crippen LogP contribution in [-0.4, -0.2) is 154 Å². The number of nitrogens with one attached hydrogen (secondary N) is 4. The minimum absolute atomic E-state index is 0.0220. The molecule has 2 aliphatic heterocycles. The molecule has 1 saturated carbocycles. The Kier molecular flexibility index (Phi) is 27.2. The first-order valence-electron chi connectivity index (χ1n) is 27.5. The number of fused-ring (bicyclic) bond motifs is 2. The zero-order valence-electron chi connectivity index (χ0n) is 44.8. The first-order valence-corrected chi connectivity index (χ1v) is 27.5. The summed E-state index contributed by atoms with van der Waals surface area (Å²) in [7, 11) is 0. The number of carbonyl (C=O) groups is 7. The molecule has 1 aromatic carbocycles. The molecule has 430 valence electrons. The molecular formula is C52H88N16O9. The summed E-state index contributed by atoms with van der Waals surface area (Å²) in [6.07, 6.45) is 13.8. The van der Waals surface area contributed by atoms with Crippen molar-refractivity contribution in [2.24, 2.45) is 61.0 Å². The SMILES string of the molecule is NC(N)=NCCC[C@@H](N)C(=O)N[C@@H](CCCN=C(N)N)C(=O)NCCCCCCCCCCCC(=O)N[C@@H](CO)C(=O)N1Cc2ccccc2C[C@@H]1C(=O)N1[C@H](C(=O)N[C@@H](CCCN=C(N)N)C(=O)O)C[C@@H]2CCCC[C@@H]21. The Labute approximate surface area is 452 Å². The summed E-state index contributed by atoms with van der Waals surface area (Å²) in [5.41, 5.74) is 40.1. The van der Waals surface area contributed by atoms with Gasteiger partial charge in [-0.1, -0.05) is 82.1 Å². The van der Waals surface area contributed by atoms with Crippen molar-refractivity contribution in [3.8, 4) is 0 Å². The number of amides is 6. The van der Waals surface area contributed by atoms with Crippen molar-refractivity contribution in [3.05, 3.63) is 35.4 Å². The van der Waals surface area contributed by atoms with E-state index >= 15 is 4.79 Å². The third-order valence-corrected chi connectivity index (χ3v) is 14.6. The molecule has 2 fully saturated rings. The molecule has 1 saturated heterocycles. The number of guanidine groups is 3. The highest BCUT2D eigenvalue weighted by molar-refractivity contribution is 5.96. The van der Waals surface area contributed by atoms with Crippen LogP contribution in [0.4, 0.5) is 0 Å². The minimum Gasteiger partial charge on any atom is -0.480 e. The van der Waals surface area contributed by atoms with Crippen molar-refractivity contribution in [2.75, 3.05) is 32.8 Å². The van der Waals surface area contributed by atoms with E-state index in [4.69, 9.17) is 40.1 Å². The van der Waals surface area contributed by atoms with Crippen molar-refractivity contribution in [1.82, 2.24) is 31.1 Å². The molecule has 6 amide bonds. The molecule has 2 heterocycles. The average Bonchev–Trinajstić information content (AvgIpc) is 3.84. The van der Waals surface area contributed by atoms with E-state index in [1.165, 1.54) is 4.90 Å². The molecule has 25 heteroatoms. The van der Waals surface area contributed by atoms with Crippen molar-refractivity contribution < 1.29 is 43.8 Å². The highest BCUT2D eigenvalue weighted by Crippen LogP contribution is 2.41. The molecular weight excluding hydrogens is 993 g/mol. The molecule has 0 bridgehead atoms. The van der Waals surface area contributed by atoms with E-state index in [0.29, 0.717) is 71.0 Å². The van der Waals surface area contributed by atoms with E-state index in [1.54, 1.807) is 4.90 Å². The molecule has 3 aliphatic rings. The van der Waals surface area contributed by atoms with E-state index in [-0.39, 0.29) is 68.1 Å². The van der Waals surface area contributed by atoms with Crippen LogP contribution in [0.2, 0.25) is 0 Å². The maximum Gasteiger partial charge on any atom is 0.326 e. The number of benzene rings is 1. The van der Waals surface area contributed by atoms with E-state index in [0.717, 1.165) is 81.8 Å². The number of rotatable bonds is 34. The van der Waals surface area contributed by atoms with Crippen LogP contribution in [0.25, 0.3) is 0 Å². The monoisotopic (exact) mass is 1080 g/mol. The Hall–Kier alpha value is -6.76. The van der Waals surface area contributed by atoms with Gasteiger partial charge in [-0.25, -0.2) is 4.79 Å². The largest absolute Gasteiger partial charge is 0.480 e. The fraction of sp³-hybridized carbons (Fsp3) is 0.692. The van der Waals surface area contributed by atoms with Crippen LogP contribution in [0, 0.1) is 5.92 Å². The van der Waals surface area contributed by atoms with Crippen molar-refractivity contribution in [2.45, 2.75) is 190 Å². The van der Waals surface area contributed by atoms with Gasteiger partial charge in [0.25, 0.3) is 0 Å². The van der Waals surface area contributed by atoms with Crippen LogP contribution in [-0.2, 0) is 46.5 Å². The van der Waals surface area contributed by atoms with Crippen molar-refractivity contribution in [3.63, 3.8) is 0 Å². The summed E-state index contributed by atoms with van der Waals surface area (Å²) >= 11 is 0. The van der Waals surface area contributed by atoms with Crippen molar-refractivity contribution in [1.29, 1.82) is 0 Å². The Balaban J connectivity index is 1.22. The standard InChI is InChI=1S/C52H88N16O9/c53-36(20-14-26-61-50(54)55)44(71)65-37(21-15-27-62-51(56)57)45(72)60-25-13-7-5-3-1-2-4-6-8-24-43(70)64-39(32-69)47(74)67-31-35-19-10-9-17-33(35)29-42(67)48(75)68-40-23-12-11-18-34(40)30-41(68)46(73)66-38(49(76)77)22-16-28-63-52(58)59/h9-10,17,19,34,36-42,69H,1-8,11-16,18,20-32,53H2,(H,60,72)(H,64,70)(H,65,71)(H,66,73)(H,76,77)(H4,54,55,61)(H4,56,57,62)(H4,58,59,63)/t34-,36+,37-,38-,39-,40-,41-,42+/m0/s1. The number of unbranched alkanes of at least 4 members (excludes halogenated alkanes) is 8. The second-order valence-corrected chi connectivity index (χ2v) is 20.5. The maximum atomic E-state index is 15.0. The van der Waals surface area contributed by atoms with Gasteiger partial charge in [-0.15, -0.1) is 0 Å². The summed E-state index contributed by atoms with van der Waals surface area (Å²) in [5, 5.41) is 31.6. The fourth-order valence-electron chi connectivity index (χ4n) is 10.5. The Morgan fingerprint density at radius 2 is 1.19 bits per heavy atom. The van der Waals surface area contributed by atoms with Gasteiger partial charge in [0.2, 0.25) is 35.4 Å². The van der Waals surface area contributed by atoms with Gasteiger partial charge >= 0.3 is 5.97 Å². The molecule has 1 aromatic rings. The number of likely N-dealkylation sites (tertiary alicyclic amines) is 1. The van der Waals surface area contributed by atoms with Gasteiger partial charge in [0.05, 0.1) is 12.6 Å². The van der Waals surface area contributed by atoms with Crippen LogP contribution in [0.3, 0.4) is 0 Å². The number of aliphatic imine (C=N–C) groups is 3. The molecule has 0 spiro atoms. The van der Waals surface area contributed by atoms with Crippen LogP contribution in [0.5, 0.6) is 0 Å². The number of aliphatic hydroxyl groups excluding tert-OH is 1. The highest BCUT2D eigenvalue weighted by atomic mass is 16.4. The number of carbonyl (C=O) groups excluding carboxylic acids is 6. The summed E-state index contributed by atoms with van der Waals surface area (Å²) in [4.78, 5) is 110. The van der Waals surface area contributed by atoms with E-state index in [9.17, 15) is 39.0 Å². The number of hydrogen-bond donors (Lipinski definition) is 13. The maximum absolute atomic E-state index is 15.0. The van der Waals surface area contributed by atoms with Gasteiger partial charge in [-0.05, 0) is 87.7 Å². The lowest BCUT2D eigenvalue weighted by Crippen LogP contribution is -2.62. The van der Waals surface area contributed by atoms with Gasteiger partial charge in [0.1, 0.15) is 30.2 Å². The number of hydrogen-bond acceptors (Lipinski definition) is 12. The normalized spacial score (nSPS) is 19.2. The lowest BCUT2D eigenvalue weighted by Gasteiger charge is -2.42. The average molecular weight is 1080 g/mol. The summed E-state index contributed by atoms with van der Waals surface area (Å²) in [5.74, 6) is -4.18.